The van der Waals surface area contributed by atoms with Crippen molar-refractivity contribution in [2.45, 2.75) is 25.6 Å². The number of nitrogens with zero attached hydrogens (tertiary/aromatic N) is 1. The third-order valence-electron chi connectivity index (χ3n) is 2.65. The number of hydrogen-bond donors (Lipinski definition) is 3. The normalized spacial score (nSPS) is 15.2. The van der Waals surface area contributed by atoms with Gasteiger partial charge in [0.25, 0.3) is 0 Å². The molecule has 4 nitrogen and oxygen atoms in total. The van der Waals surface area contributed by atoms with Crippen LogP contribution < -0.4 is 5.73 Å². The van der Waals surface area contributed by atoms with Crippen molar-refractivity contribution >= 4 is 5.84 Å². The number of halogens is 3. The number of aliphatic hydroxyl groups excluding tert-OH is 1. The van der Waals surface area contributed by atoms with Crippen LogP contribution in [0.4, 0.5) is 13.2 Å². The highest BCUT2D eigenvalue weighted by Crippen LogP contribution is 2.28. The third-order valence-corrected chi connectivity index (χ3v) is 2.65. The summed E-state index contributed by atoms with van der Waals surface area (Å²) in [4.78, 5) is 1.34. The second-order valence-corrected chi connectivity index (χ2v) is 4.40. The van der Waals surface area contributed by atoms with E-state index in [0.717, 1.165) is 0 Å². The number of nitrogens with one attached hydrogen (secondary N) is 1. The minimum atomic E-state index is -4.54. The zero-order valence-electron chi connectivity index (χ0n) is 9.60. The van der Waals surface area contributed by atoms with Gasteiger partial charge in [0.15, 0.2) is 0 Å². The Morgan fingerprint density at radius 3 is 2.12 bits per heavy atom. The van der Waals surface area contributed by atoms with Crippen LogP contribution in [0.2, 0.25) is 0 Å². The molecule has 0 aromatic carbocycles. The minimum Gasteiger partial charge on any atom is -0.394 e. The number of aliphatic hydroxyl groups is 1. The standard InChI is InChI=1S/C9H18F3N3O/c1-8(2,5-16)15(3)4-6(7(13)14)9(10,11)12/h6,16H,4-5H2,1-3H3,(H3,13,14). The lowest BCUT2D eigenvalue weighted by molar-refractivity contribution is -0.162. The van der Waals surface area contributed by atoms with Gasteiger partial charge < -0.3 is 10.8 Å². The van der Waals surface area contributed by atoms with E-state index in [2.05, 4.69) is 0 Å². The van der Waals surface area contributed by atoms with Crippen molar-refractivity contribution in [2.24, 2.45) is 11.7 Å². The van der Waals surface area contributed by atoms with Crippen molar-refractivity contribution < 1.29 is 18.3 Å². The fourth-order valence-corrected chi connectivity index (χ4v) is 1.02. The molecule has 1 atom stereocenters. The second kappa shape index (κ2) is 5.01. The molecule has 4 N–H and O–H groups in total. The number of nitrogens with two attached hydrogens (primary N) is 1. The first-order valence-corrected chi connectivity index (χ1v) is 4.75. The molecule has 16 heavy (non-hydrogen) atoms. The summed E-state index contributed by atoms with van der Waals surface area (Å²) in [7, 11) is 1.46. The molecule has 0 spiro atoms. The second-order valence-electron chi connectivity index (χ2n) is 4.40. The number of hydrogen-bond acceptors (Lipinski definition) is 3. The molecule has 0 aliphatic heterocycles. The Kier molecular flexibility index (Phi) is 4.75. The van der Waals surface area contributed by atoms with Crippen molar-refractivity contribution in [3.63, 3.8) is 0 Å². The van der Waals surface area contributed by atoms with Gasteiger partial charge in [0.05, 0.1) is 6.61 Å². The quantitative estimate of drug-likeness (QED) is 0.492. The molecule has 0 amide bonds. The van der Waals surface area contributed by atoms with E-state index in [1.165, 1.54) is 11.9 Å². The Morgan fingerprint density at radius 2 is 1.88 bits per heavy atom. The van der Waals surface area contributed by atoms with Crippen molar-refractivity contribution in [3.05, 3.63) is 0 Å². The topological polar surface area (TPSA) is 73.3 Å². The number of amidine groups is 1. The molecule has 0 aliphatic carbocycles. The first-order valence-electron chi connectivity index (χ1n) is 4.75. The van der Waals surface area contributed by atoms with Gasteiger partial charge in [-0.15, -0.1) is 0 Å². The molecule has 0 radical (unpaired) electrons. The van der Waals surface area contributed by atoms with Crippen LogP contribution in [0, 0.1) is 11.3 Å². The zero-order valence-corrected chi connectivity index (χ0v) is 9.60. The predicted octanol–water partition coefficient (Wildman–Crippen LogP) is 0.804. The van der Waals surface area contributed by atoms with Crippen LogP contribution in [0.1, 0.15) is 13.8 Å². The van der Waals surface area contributed by atoms with Crippen molar-refractivity contribution in [3.8, 4) is 0 Å². The molecular weight excluding hydrogens is 223 g/mol. The molecule has 0 aliphatic rings. The lowest BCUT2D eigenvalue weighted by Gasteiger charge is -2.36. The van der Waals surface area contributed by atoms with Gasteiger partial charge in [0, 0.05) is 12.1 Å². The maximum Gasteiger partial charge on any atom is 0.399 e. The molecule has 0 saturated heterocycles. The molecule has 0 aromatic rings. The lowest BCUT2D eigenvalue weighted by atomic mass is 10.0. The van der Waals surface area contributed by atoms with Crippen LogP contribution in [-0.4, -0.2) is 47.8 Å². The summed E-state index contributed by atoms with van der Waals surface area (Å²) in [5, 5.41) is 15.9. The molecule has 0 fully saturated rings. The van der Waals surface area contributed by atoms with Crippen LogP contribution >= 0.6 is 0 Å². The first kappa shape index (κ1) is 15.2. The monoisotopic (exact) mass is 241 g/mol. The lowest BCUT2D eigenvalue weighted by Crippen LogP contribution is -2.51. The van der Waals surface area contributed by atoms with Gasteiger partial charge in [-0.1, -0.05) is 0 Å². The van der Waals surface area contributed by atoms with E-state index in [0.29, 0.717) is 0 Å². The van der Waals surface area contributed by atoms with Gasteiger partial charge in [-0.3, -0.25) is 10.3 Å². The smallest absolute Gasteiger partial charge is 0.394 e. The summed E-state index contributed by atoms with van der Waals surface area (Å²) >= 11 is 0. The Labute approximate surface area is 92.7 Å². The van der Waals surface area contributed by atoms with Gasteiger partial charge in [0.1, 0.15) is 11.8 Å². The number of likely N-dealkylation sites (N-methyl/N-ethyl adjacent to an activating group) is 1. The van der Waals surface area contributed by atoms with Gasteiger partial charge >= 0.3 is 6.18 Å². The van der Waals surface area contributed by atoms with E-state index in [1.54, 1.807) is 13.8 Å². The molecule has 7 heteroatoms. The van der Waals surface area contributed by atoms with Gasteiger partial charge in [-0.05, 0) is 20.9 Å². The van der Waals surface area contributed by atoms with Gasteiger partial charge in [-0.25, -0.2) is 0 Å². The molecule has 1 unspecified atom stereocenters. The Hall–Kier alpha value is -0.820. The fourth-order valence-electron chi connectivity index (χ4n) is 1.02. The highest BCUT2D eigenvalue weighted by Gasteiger charge is 2.43. The molecule has 0 saturated carbocycles. The number of alkyl halides is 3. The van der Waals surface area contributed by atoms with Crippen LogP contribution in [0.15, 0.2) is 0 Å². The minimum absolute atomic E-state index is 0.272. The average molecular weight is 241 g/mol. The maximum atomic E-state index is 12.5. The van der Waals surface area contributed by atoms with Crippen molar-refractivity contribution in [1.29, 1.82) is 5.41 Å². The van der Waals surface area contributed by atoms with Crippen LogP contribution in [-0.2, 0) is 0 Å². The predicted molar refractivity (Wildman–Crippen MR) is 55.3 cm³/mol. The molecule has 0 bridgehead atoms. The molecule has 96 valence electrons. The summed E-state index contributed by atoms with van der Waals surface area (Å²) in [6.07, 6.45) is -4.54. The molecule has 0 aromatic heterocycles. The Bertz CT molecular complexity index is 253. The van der Waals surface area contributed by atoms with Gasteiger partial charge in [-0.2, -0.15) is 13.2 Å². The molecular formula is C9H18F3N3O. The summed E-state index contributed by atoms with van der Waals surface area (Å²) < 4.78 is 37.5. The van der Waals surface area contributed by atoms with Crippen molar-refractivity contribution in [1.82, 2.24) is 4.90 Å². The summed E-state index contributed by atoms with van der Waals surface area (Å²) in [5.41, 5.74) is 4.15. The number of rotatable bonds is 5. The first-order chi connectivity index (χ1) is 7.02. The summed E-state index contributed by atoms with van der Waals surface area (Å²) in [5.74, 6) is -2.91. The van der Waals surface area contributed by atoms with Crippen molar-refractivity contribution in [2.75, 3.05) is 20.2 Å². The summed E-state index contributed by atoms with van der Waals surface area (Å²) in [6, 6.07) is 0. The zero-order chi connectivity index (χ0) is 13.1. The van der Waals surface area contributed by atoms with E-state index in [4.69, 9.17) is 16.2 Å². The molecule has 0 heterocycles. The van der Waals surface area contributed by atoms with Crippen LogP contribution in [0.25, 0.3) is 0 Å². The average Bonchev–Trinajstić information content (AvgIpc) is 2.11. The largest absolute Gasteiger partial charge is 0.399 e. The van der Waals surface area contributed by atoms with Crippen LogP contribution in [0.3, 0.4) is 0 Å². The van der Waals surface area contributed by atoms with E-state index in [1.807, 2.05) is 0 Å². The van der Waals surface area contributed by atoms with Gasteiger partial charge in [0.2, 0.25) is 0 Å². The van der Waals surface area contributed by atoms with Crippen LogP contribution in [0.5, 0.6) is 0 Å². The van der Waals surface area contributed by atoms with E-state index in [-0.39, 0.29) is 6.61 Å². The van der Waals surface area contributed by atoms with E-state index >= 15 is 0 Å². The Balaban J connectivity index is 4.73. The Morgan fingerprint density at radius 1 is 1.44 bits per heavy atom. The molecule has 0 rings (SSSR count). The van der Waals surface area contributed by atoms with E-state index < -0.39 is 30.0 Å². The maximum absolute atomic E-state index is 12.5. The highest BCUT2D eigenvalue weighted by atomic mass is 19.4. The third kappa shape index (κ3) is 3.97. The fraction of sp³-hybridized carbons (Fsp3) is 0.889. The summed E-state index contributed by atoms with van der Waals surface area (Å²) in [6.45, 7) is 2.51. The van der Waals surface area contributed by atoms with E-state index in [9.17, 15) is 13.2 Å². The SMILES string of the molecule is CN(CC(C(=N)N)C(F)(F)F)C(C)(C)CO. The highest BCUT2D eigenvalue weighted by molar-refractivity contribution is 5.80.